The maximum atomic E-state index is 13.4. The van der Waals surface area contributed by atoms with Crippen molar-refractivity contribution in [3.8, 4) is 23.1 Å². The predicted octanol–water partition coefficient (Wildman–Crippen LogP) is 3.08. The number of ether oxygens (including phenoxy) is 3. The third-order valence-electron chi connectivity index (χ3n) is 2.22. The average Bonchev–Trinajstić information content (AvgIpc) is 2.42. The Hall–Kier alpha value is -2.08. The van der Waals surface area contributed by atoms with E-state index in [4.69, 9.17) is 25.8 Å². The number of hydrogen-bond acceptors (Lipinski definition) is 5. The highest BCUT2D eigenvalue weighted by atomic mass is 35.5. The van der Waals surface area contributed by atoms with Gasteiger partial charge in [0.15, 0.2) is 0 Å². The first-order valence-corrected chi connectivity index (χ1v) is 5.59. The Bertz CT molecular complexity index is 573. The molecule has 19 heavy (non-hydrogen) atoms. The van der Waals surface area contributed by atoms with E-state index in [-0.39, 0.29) is 11.2 Å². The second-order valence-corrected chi connectivity index (χ2v) is 3.78. The summed E-state index contributed by atoms with van der Waals surface area (Å²) in [4.78, 5) is 7.15. The molecule has 1 aromatic carbocycles. The average molecular weight is 285 g/mol. The number of aromatic nitrogens is 2. The lowest BCUT2D eigenvalue weighted by molar-refractivity contribution is 0.379. The lowest BCUT2D eigenvalue weighted by Gasteiger charge is -2.09. The highest BCUT2D eigenvalue weighted by Crippen LogP contribution is 2.31. The Morgan fingerprint density at radius 3 is 2.21 bits per heavy atom. The first-order valence-electron chi connectivity index (χ1n) is 5.21. The summed E-state index contributed by atoms with van der Waals surface area (Å²) in [5.74, 6) is 0.344. The molecule has 0 bridgehead atoms. The van der Waals surface area contributed by atoms with Crippen LogP contribution in [0.15, 0.2) is 24.4 Å². The Labute approximate surface area is 113 Å². The molecule has 1 heterocycles. The summed E-state index contributed by atoms with van der Waals surface area (Å²) in [7, 11) is 3.00. The Kier molecular flexibility index (Phi) is 4.01. The Balaban J connectivity index is 2.34. The molecular formula is C12H10ClFN2O3. The number of methoxy groups -OCH3 is 2. The highest BCUT2D eigenvalue weighted by molar-refractivity contribution is 6.28. The molecular weight excluding hydrogens is 275 g/mol. The van der Waals surface area contributed by atoms with Crippen molar-refractivity contribution in [2.45, 2.75) is 0 Å². The molecule has 0 radical (unpaired) electrons. The van der Waals surface area contributed by atoms with E-state index < -0.39 is 5.82 Å². The number of rotatable bonds is 4. The fraction of sp³-hybridized carbons (Fsp3) is 0.167. The van der Waals surface area contributed by atoms with Crippen molar-refractivity contribution in [3.05, 3.63) is 35.5 Å². The van der Waals surface area contributed by atoms with Crippen molar-refractivity contribution >= 4 is 11.6 Å². The van der Waals surface area contributed by atoms with Crippen LogP contribution in [0.25, 0.3) is 0 Å². The van der Waals surface area contributed by atoms with E-state index in [2.05, 4.69) is 9.97 Å². The minimum absolute atomic E-state index is 0.105. The molecule has 0 fully saturated rings. The van der Waals surface area contributed by atoms with Gasteiger partial charge in [0.25, 0.3) is 5.88 Å². The van der Waals surface area contributed by atoms with Gasteiger partial charge in [-0.15, -0.1) is 0 Å². The maximum Gasteiger partial charge on any atom is 0.260 e. The monoisotopic (exact) mass is 284 g/mol. The van der Waals surface area contributed by atoms with E-state index >= 15 is 0 Å². The van der Waals surface area contributed by atoms with Crippen molar-refractivity contribution in [1.29, 1.82) is 0 Å². The summed E-state index contributed by atoms with van der Waals surface area (Å²) in [5, 5.41) is -0.105. The SMILES string of the molecule is COc1cc(OC)cc(Oc2nc(Cl)ncc2F)c1. The number of hydrogen-bond donors (Lipinski definition) is 0. The van der Waals surface area contributed by atoms with Crippen molar-refractivity contribution in [2.75, 3.05) is 14.2 Å². The van der Waals surface area contributed by atoms with Crippen LogP contribution in [0.5, 0.6) is 23.1 Å². The second kappa shape index (κ2) is 5.71. The van der Waals surface area contributed by atoms with Crippen LogP contribution >= 0.6 is 11.6 Å². The van der Waals surface area contributed by atoms with Crippen molar-refractivity contribution in [1.82, 2.24) is 9.97 Å². The summed E-state index contributed by atoms with van der Waals surface area (Å²) in [6.07, 6.45) is 0.933. The summed E-state index contributed by atoms with van der Waals surface area (Å²) < 4.78 is 28.9. The van der Waals surface area contributed by atoms with Crippen molar-refractivity contribution in [2.24, 2.45) is 0 Å². The van der Waals surface area contributed by atoms with Gasteiger partial charge >= 0.3 is 0 Å². The predicted molar refractivity (Wildman–Crippen MR) is 66.6 cm³/mol. The molecule has 2 rings (SSSR count). The second-order valence-electron chi connectivity index (χ2n) is 3.44. The summed E-state index contributed by atoms with van der Waals surface area (Å²) in [6, 6.07) is 4.80. The van der Waals surface area contributed by atoms with Gasteiger partial charge in [-0.2, -0.15) is 9.37 Å². The molecule has 0 saturated carbocycles. The lowest BCUT2D eigenvalue weighted by Crippen LogP contribution is -1.95. The molecule has 0 saturated heterocycles. The van der Waals surface area contributed by atoms with E-state index in [0.29, 0.717) is 17.2 Å². The normalized spacial score (nSPS) is 10.1. The van der Waals surface area contributed by atoms with Gasteiger partial charge in [0.1, 0.15) is 17.2 Å². The van der Waals surface area contributed by atoms with E-state index in [1.165, 1.54) is 14.2 Å². The molecule has 0 unspecified atom stereocenters. The molecule has 0 spiro atoms. The molecule has 0 amide bonds. The smallest absolute Gasteiger partial charge is 0.260 e. The zero-order valence-electron chi connectivity index (χ0n) is 10.2. The van der Waals surface area contributed by atoms with Crippen LogP contribution in [-0.4, -0.2) is 24.2 Å². The molecule has 0 N–H and O–H groups in total. The quantitative estimate of drug-likeness (QED) is 0.808. The standard InChI is InChI=1S/C12H10ClFN2O3/c1-17-7-3-8(18-2)5-9(4-7)19-11-10(14)6-15-12(13)16-11/h3-6H,1-2H3. The number of nitrogens with zero attached hydrogens (tertiary/aromatic N) is 2. The molecule has 0 atom stereocenters. The minimum atomic E-state index is -0.716. The van der Waals surface area contributed by atoms with Crippen LogP contribution in [0.2, 0.25) is 5.28 Å². The molecule has 0 aliphatic rings. The van der Waals surface area contributed by atoms with E-state index in [9.17, 15) is 4.39 Å². The van der Waals surface area contributed by atoms with Crippen LogP contribution in [0, 0.1) is 5.82 Å². The van der Waals surface area contributed by atoms with Crippen LogP contribution in [-0.2, 0) is 0 Å². The molecule has 100 valence electrons. The van der Waals surface area contributed by atoms with Gasteiger partial charge in [-0.05, 0) is 11.6 Å². The van der Waals surface area contributed by atoms with Crippen molar-refractivity contribution < 1.29 is 18.6 Å². The van der Waals surface area contributed by atoms with Crippen LogP contribution < -0.4 is 14.2 Å². The lowest BCUT2D eigenvalue weighted by atomic mass is 10.3. The molecule has 0 aliphatic heterocycles. The van der Waals surface area contributed by atoms with Gasteiger partial charge < -0.3 is 14.2 Å². The first-order chi connectivity index (χ1) is 9.12. The Morgan fingerprint density at radius 2 is 1.63 bits per heavy atom. The molecule has 7 heteroatoms. The minimum Gasteiger partial charge on any atom is -0.496 e. The third-order valence-corrected chi connectivity index (χ3v) is 2.40. The highest BCUT2D eigenvalue weighted by Gasteiger charge is 2.10. The fourth-order valence-corrected chi connectivity index (χ4v) is 1.48. The molecule has 0 aliphatic carbocycles. The van der Waals surface area contributed by atoms with Crippen LogP contribution in [0.1, 0.15) is 0 Å². The van der Waals surface area contributed by atoms with E-state index in [1.54, 1.807) is 18.2 Å². The maximum absolute atomic E-state index is 13.4. The van der Waals surface area contributed by atoms with Gasteiger partial charge in [-0.1, -0.05) is 0 Å². The zero-order valence-corrected chi connectivity index (χ0v) is 10.9. The van der Waals surface area contributed by atoms with Gasteiger partial charge in [0.05, 0.1) is 20.4 Å². The number of halogens is 2. The van der Waals surface area contributed by atoms with Gasteiger partial charge in [0.2, 0.25) is 11.1 Å². The topological polar surface area (TPSA) is 53.5 Å². The van der Waals surface area contributed by atoms with Gasteiger partial charge in [0, 0.05) is 18.2 Å². The van der Waals surface area contributed by atoms with Gasteiger partial charge in [-0.3, -0.25) is 0 Å². The van der Waals surface area contributed by atoms with Crippen LogP contribution in [0.4, 0.5) is 4.39 Å². The largest absolute Gasteiger partial charge is 0.496 e. The van der Waals surface area contributed by atoms with Crippen molar-refractivity contribution in [3.63, 3.8) is 0 Å². The summed E-state index contributed by atoms with van der Waals surface area (Å²) >= 11 is 5.58. The fourth-order valence-electron chi connectivity index (χ4n) is 1.35. The Morgan fingerprint density at radius 1 is 1.05 bits per heavy atom. The number of benzene rings is 1. The van der Waals surface area contributed by atoms with Gasteiger partial charge in [-0.25, -0.2) is 4.98 Å². The molecule has 2 aromatic rings. The van der Waals surface area contributed by atoms with E-state index in [0.717, 1.165) is 6.20 Å². The molecule has 5 nitrogen and oxygen atoms in total. The van der Waals surface area contributed by atoms with Crippen LogP contribution in [0.3, 0.4) is 0 Å². The zero-order chi connectivity index (χ0) is 13.8. The summed E-state index contributed by atoms with van der Waals surface area (Å²) in [5.41, 5.74) is 0. The first kappa shape index (κ1) is 13.4. The van der Waals surface area contributed by atoms with E-state index in [1.807, 2.05) is 0 Å². The molecule has 1 aromatic heterocycles. The third kappa shape index (κ3) is 3.23. The summed E-state index contributed by atoms with van der Waals surface area (Å²) in [6.45, 7) is 0.